The van der Waals surface area contributed by atoms with Crippen molar-refractivity contribution >= 4 is 5.91 Å². The summed E-state index contributed by atoms with van der Waals surface area (Å²) in [4.78, 5) is 12.0. The van der Waals surface area contributed by atoms with E-state index in [1.165, 1.54) is 6.20 Å². The number of amides is 1. The molecular formula is C13H16N4O. The Hall–Kier alpha value is -2.14. The molecule has 1 heterocycles. The Morgan fingerprint density at radius 1 is 1.44 bits per heavy atom. The van der Waals surface area contributed by atoms with Crippen LogP contribution in [0.25, 0.3) is 0 Å². The molecule has 2 rings (SSSR count). The van der Waals surface area contributed by atoms with E-state index < -0.39 is 0 Å². The Bertz CT molecular complexity index is 521. The van der Waals surface area contributed by atoms with Gasteiger partial charge in [-0.25, -0.2) is 0 Å². The third-order valence-electron chi connectivity index (χ3n) is 2.82. The molecule has 18 heavy (non-hydrogen) atoms. The van der Waals surface area contributed by atoms with Crippen molar-refractivity contribution in [2.24, 2.45) is 5.73 Å². The van der Waals surface area contributed by atoms with Gasteiger partial charge < -0.3 is 11.1 Å². The summed E-state index contributed by atoms with van der Waals surface area (Å²) in [6.45, 7) is 2.16. The molecule has 1 atom stereocenters. The average Bonchev–Trinajstić information content (AvgIpc) is 2.83. The number of aromatic nitrogens is 2. The van der Waals surface area contributed by atoms with Crippen LogP contribution in [0.1, 0.15) is 27.7 Å². The summed E-state index contributed by atoms with van der Waals surface area (Å²) in [5.74, 6) is -0.166. The Morgan fingerprint density at radius 2 is 2.17 bits per heavy atom. The number of carbonyl (C=O) groups excluding carboxylic acids is 1. The minimum Gasteiger partial charge on any atom is -0.344 e. The lowest BCUT2D eigenvalue weighted by molar-refractivity contribution is 0.0937. The molecular weight excluding hydrogens is 228 g/mol. The highest BCUT2D eigenvalue weighted by Gasteiger charge is 2.16. The molecule has 0 aliphatic heterocycles. The fourth-order valence-electron chi connectivity index (χ4n) is 1.78. The summed E-state index contributed by atoms with van der Waals surface area (Å²) in [6.07, 6.45) is 1.52. The zero-order valence-electron chi connectivity index (χ0n) is 10.2. The van der Waals surface area contributed by atoms with Gasteiger partial charge in [0.2, 0.25) is 0 Å². The van der Waals surface area contributed by atoms with Crippen LogP contribution in [0.15, 0.2) is 36.5 Å². The molecule has 2 aromatic rings. The summed E-state index contributed by atoms with van der Waals surface area (Å²) in [6, 6.07) is 9.48. The molecule has 0 spiro atoms. The van der Waals surface area contributed by atoms with E-state index in [2.05, 4.69) is 15.5 Å². The van der Waals surface area contributed by atoms with E-state index in [9.17, 15) is 4.79 Å². The topological polar surface area (TPSA) is 83.8 Å². The lowest BCUT2D eigenvalue weighted by atomic mass is 10.1. The lowest BCUT2D eigenvalue weighted by Crippen LogP contribution is -2.33. The van der Waals surface area contributed by atoms with E-state index in [4.69, 9.17) is 5.73 Å². The number of nitrogens with zero attached hydrogens (tertiary/aromatic N) is 1. The van der Waals surface area contributed by atoms with Crippen LogP contribution in [0.4, 0.5) is 0 Å². The second-order valence-electron chi connectivity index (χ2n) is 4.08. The molecule has 1 amide bonds. The summed E-state index contributed by atoms with van der Waals surface area (Å²) in [5.41, 5.74) is 7.99. The van der Waals surface area contributed by atoms with Gasteiger partial charge in [0.05, 0.1) is 17.8 Å². The highest BCUT2D eigenvalue weighted by molar-refractivity contribution is 5.95. The molecule has 1 aromatic heterocycles. The largest absolute Gasteiger partial charge is 0.344 e. The van der Waals surface area contributed by atoms with Crippen molar-refractivity contribution in [1.82, 2.24) is 15.5 Å². The van der Waals surface area contributed by atoms with Gasteiger partial charge in [-0.05, 0) is 12.5 Å². The quantitative estimate of drug-likeness (QED) is 0.754. The molecule has 0 fully saturated rings. The fourth-order valence-corrected chi connectivity index (χ4v) is 1.78. The van der Waals surface area contributed by atoms with Crippen molar-refractivity contribution in [3.63, 3.8) is 0 Å². The Morgan fingerprint density at radius 3 is 2.72 bits per heavy atom. The normalized spacial score (nSPS) is 12.1. The highest BCUT2D eigenvalue weighted by atomic mass is 16.1. The van der Waals surface area contributed by atoms with E-state index in [0.717, 1.165) is 11.3 Å². The minimum absolute atomic E-state index is 0.166. The van der Waals surface area contributed by atoms with Gasteiger partial charge in [-0.1, -0.05) is 30.3 Å². The zero-order chi connectivity index (χ0) is 13.0. The van der Waals surface area contributed by atoms with Gasteiger partial charge in [0.15, 0.2) is 0 Å². The van der Waals surface area contributed by atoms with E-state index in [-0.39, 0.29) is 11.9 Å². The van der Waals surface area contributed by atoms with Gasteiger partial charge in [0, 0.05) is 12.2 Å². The van der Waals surface area contributed by atoms with Crippen LogP contribution in [0.5, 0.6) is 0 Å². The number of aryl methyl sites for hydroxylation is 1. The number of hydrogen-bond donors (Lipinski definition) is 3. The number of H-pyrrole nitrogens is 1. The summed E-state index contributed by atoms with van der Waals surface area (Å²) >= 11 is 0. The first kappa shape index (κ1) is 12.3. The number of nitrogens with one attached hydrogen (secondary N) is 2. The van der Waals surface area contributed by atoms with Crippen molar-refractivity contribution in [2.45, 2.75) is 13.0 Å². The maximum absolute atomic E-state index is 12.0. The van der Waals surface area contributed by atoms with Crippen molar-refractivity contribution < 1.29 is 4.79 Å². The predicted molar refractivity (Wildman–Crippen MR) is 69.0 cm³/mol. The molecule has 1 aromatic carbocycles. The monoisotopic (exact) mass is 244 g/mol. The summed E-state index contributed by atoms with van der Waals surface area (Å²) in [5, 5.41) is 9.47. The van der Waals surface area contributed by atoms with Crippen LogP contribution >= 0.6 is 0 Å². The number of carbonyl (C=O) groups is 1. The zero-order valence-corrected chi connectivity index (χ0v) is 10.2. The summed E-state index contributed by atoms with van der Waals surface area (Å²) in [7, 11) is 0. The third-order valence-corrected chi connectivity index (χ3v) is 2.82. The SMILES string of the molecule is Cc1[nH]ncc1C(=O)NC(CN)c1ccccc1. The van der Waals surface area contributed by atoms with E-state index in [0.29, 0.717) is 12.1 Å². The van der Waals surface area contributed by atoms with Crippen LogP contribution in [0, 0.1) is 6.92 Å². The number of hydrogen-bond acceptors (Lipinski definition) is 3. The van der Waals surface area contributed by atoms with Gasteiger partial charge in [-0.3, -0.25) is 9.89 Å². The van der Waals surface area contributed by atoms with Gasteiger partial charge in [-0.15, -0.1) is 0 Å². The van der Waals surface area contributed by atoms with Gasteiger partial charge in [0.25, 0.3) is 5.91 Å². The molecule has 5 heteroatoms. The van der Waals surface area contributed by atoms with Crippen LogP contribution < -0.4 is 11.1 Å². The molecule has 0 bridgehead atoms. The lowest BCUT2D eigenvalue weighted by Gasteiger charge is -2.16. The number of nitrogens with two attached hydrogens (primary N) is 1. The predicted octanol–water partition coefficient (Wildman–Crippen LogP) is 1.15. The minimum atomic E-state index is -0.187. The second kappa shape index (κ2) is 5.46. The van der Waals surface area contributed by atoms with Crippen molar-refractivity contribution in [2.75, 3.05) is 6.54 Å². The molecule has 0 aliphatic carbocycles. The third kappa shape index (κ3) is 2.57. The molecule has 0 saturated carbocycles. The fraction of sp³-hybridized carbons (Fsp3) is 0.231. The average molecular weight is 244 g/mol. The number of aromatic amines is 1. The molecule has 5 nitrogen and oxygen atoms in total. The van der Waals surface area contributed by atoms with E-state index in [1.54, 1.807) is 0 Å². The van der Waals surface area contributed by atoms with Crippen molar-refractivity contribution in [1.29, 1.82) is 0 Å². The Balaban J connectivity index is 2.13. The number of benzene rings is 1. The van der Waals surface area contributed by atoms with Crippen molar-refractivity contribution in [3.05, 3.63) is 53.3 Å². The second-order valence-corrected chi connectivity index (χ2v) is 4.08. The van der Waals surface area contributed by atoms with Gasteiger partial charge >= 0.3 is 0 Å². The van der Waals surface area contributed by atoms with Crippen LogP contribution in [0.2, 0.25) is 0 Å². The molecule has 4 N–H and O–H groups in total. The molecule has 0 aliphatic rings. The standard InChI is InChI=1S/C13H16N4O/c1-9-11(8-15-17-9)13(18)16-12(7-14)10-5-3-2-4-6-10/h2-6,8,12H,7,14H2,1H3,(H,15,17)(H,16,18). The molecule has 0 saturated heterocycles. The van der Waals surface area contributed by atoms with Crippen molar-refractivity contribution in [3.8, 4) is 0 Å². The van der Waals surface area contributed by atoms with Crippen LogP contribution in [-0.2, 0) is 0 Å². The smallest absolute Gasteiger partial charge is 0.255 e. The van der Waals surface area contributed by atoms with E-state index in [1.807, 2.05) is 37.3 Å². The van der Waals surface area contributed by atoms with Gasteiger partial charge in [-0.2, -0.15) is 5.10 Å². The summed E-state index contributed by atoms with van der Waals surface area (Å²) < 4.78 is 0. The van der Waals surface area contributed by atoms with Gasteiger partial charge in [0.1, 0.15) is 0 Å². The van der Waals surface area contributed by atoms with Crippen LogP contribution in [0.3, 0.4) is 0 Å². The maximum Gasteiger partial charge on any atom is 0.255 e. The molecule has 0 radical (unpaired) electrons. The number of rotatable bonds is 4. The Labute approximate surface area is 105 Å². The van der Waals surface area contributed by atoms with E-state index >= 15 is 0 Å². The first-order valence-corrected chi connectivity index (χ1v) is 5.78. The molecule has 94 valence electrons. The maximum atomic E-state index is 12.0. The molecule has 1 unspecified atom stereocenters. The first-order valence-electron chi connectivity index (χ1n) is 5.78. The Kier molecular flexibility index (Phi) is 3.74. The van der Waals surface area contributed by atoms with Crippen LogP contribution in [-0.4, -0.2) is 22.6 Å². The first-order chi connectivity index (χ1) is 8.72. The highest BCUT2D eigenvalue weighted by Crippen LogP contribution is 2.12.